The summed E-state index contributed by atoms with van der Waals surface area (Å²) in [4.78, 5) is 0. The first kappa shape index (κ1) is 9.91. The fourth-order valence-corrected chi connectivity index (χ4v) is 2.28. The van der Waals surface area contributed by atoms with Crippen LogP contribution in [0, 0.1) is 11.3 Å². The number of nitrogens with one attached hydrogen (secondary N) is 1. The van der Waals surface area contributed by atoms with E-state index in [0.29, 0.717) is 5.69 Å². The fraction of sp³-hybridized carbons (Fsp3) is 0.231. The average Bonchev–Trinajstić information content (AvgIpc) is 2.71. The third-order valence-corrected chi connectivity index (χ3v) is 3.07. The molecule has 2 aromatic rings. The minimum Gasteiger partial charge on any atom is -0.361 e. The molecule has 4 nitrogen and oxygen atoms in total. The third kappa shape index (κ3) is 1.32. The Morgan fingerprint density at radius 3 is 2.88 bits per heavy atom. The summed E-state index contributed by atoms with van der Waals surface area (Å²) in [5, 5.41) is 16.6. The SMILES string of the molecule is CC1(C)Nc2cc(C#N)nn2-c2ccccc21. The van der Waals surface area contributed by atoms with Gasteiger partial charge in [0.1, 0.15) is 11.9 Å². The maximum absolute atomic E-state index is 8.91. The first-order valence-electron chi connectivity index (χ1n) is 5.50. The van der Waals surface area contributed by atoms with E-state index in [1.807, 2.05) is 18.2 Å². The fourth-order valence-electron chi connectivity index (χ4n) is 2.28. The number of hydrogen-bond acceptors (Lipinski definition) is 3. The van der Waals surface area contributed by atoms with Crippen molar-refractivity contribution in [2.75, 3.05) is 5.32 Å². The lowest BCUT2D eigenvalue weighted by Crippen LogP contribution is -2.34. The first-order valence-corrected chi connectivity index (χ1v) is 5.50. The van der Waals surface area contributed by atoms with E-state index in [1.165, 1.54) is 5.56 Å². The Bertz CT molecular complexity index is 631. The molecular weight excluding hydrogens is 212 g/mol. The van der Waals surface area contributed by atoms with Crippen molar-refractivity contribution in [2.45, 2.75) is 19.4 Å². The highest BCUT2D eigenvalue weighted by atomic mass is 15.4. The van der Waals surface area contributed by atoms with Crippen LogP contribution in [-0.4, -0.2) is 9.78 Å². The normalized spacial score (nSPS) is 15.4. The Kier molecular flexibility index (Phi) is 1.81. The standard InChI is InChI=1S/C13H12N4/c1-13(2)10-5-3-4-6-11(10)17-12(15-13)7-9(8-14)16-17/h3-7,15H,1-2H3. The maximum atomic E-state index is 8.91. The van der Waals surface area contributed by atoms with Gasteiger partial charge in [-0.15, -0.1) is 0 Å². The molecule has 0 saturated heterocycles. The quantitative estimate of drug-likeness (QED) is 0.747. The highest BCUT2D eigenvalue weighted by molar-refractivity contribution is 5.60. The van der Waals surface area contributed by atoms with Crippen molar-refractivity contribution in [1.82, 2.24) is 9.78 Å². The number of rotatable bonds is 0. The van der Waals surface area contributed by atoms with Crippen molar-refractivity contribution < 1.29 is 0 Å². The Labute approximate surface area is 99.5 Å². The summed E-state index contributed by atoms with van der Waals surface area (Å²) in [5.41, 5.74) is 2.49. The summed E-state index contributed by atoms with van der Waals surface area (Å²) in [6.07, 6.45) is 0. The van der Waals surface area contributed by atoms with Crippen LogP contribution in [0.15, 0.2) is 30.3 Å². The molecule has 3 rings (SSSR count). The zero-order valence-electron chi connectivity index (χ0n) is 9.73. The molecule has 0 saturated carbocycles. The Hall–Kier alpha value is -2.28. The number of nitriles is 1. The number of fused-ring (bicyclic) bond motifs is 3. The molecule has 84 valence electrons. The molecule has 0 aliphatic carbocycles. The van der Waals surface area contributed by atoms with Gasteiger partial charge in [-0.2, -0.15) is 10.4 Å². The predicted octanol–water partition coefficient (Wildman–Crippen LogP) is 2.40. The monoisotopic (exact) mass is 224 g/mol. The second kappa shape index (κ2) is 3.11. The van der Waals surface area contributed by atoms with Gasteiger partial charge in [-0.1, -0.05) is 18.2 Å². The van der Waals surface area contributed by atoms with Gasteiger partial charge >= 0.3 is 0 Å². The van der Waals surface area contributed by atoms with Crippen LogP contribution in [0.2, 0.25) is 0 Å². The second-order valence-electron chi connectivity index (χ2n) is 4.71. The van der Waals surface area contributed by atoms with E-state index in [9.17, 15) is 0 Å². The lowest BCUT2D eigenvalue weighted by molar-refractivity contribution is 0.574. The second-order valence-corrected chi connectivity index (χ2v) is 4.71. The largest absolute Gasteiger partial charge is 0.361 e. The number of anilines is 1. The highest BCUT2D eigenvalue weighted by Gasteiger charge is 2.30. The molecule has 0 amide bonds. The predicted molar refractivity (Wildman–Crippen MR) is 64.9 cm³/mol. The lowest BCUT2D eigenvalue weighted by Gasteiger charge is -2.34. The number of para-hydroxylation sites is 1. The Morgan fingerprint density at radius 2 is 2.12 bits per heavy atom. The highest BCUT2D eigenvalue weighted by Crippen LogP contribution is 2.36. The van der Waals surface area contributed by atoms with Crippen molar-refractivity contribution in [2.24, 2.45) is 0 Å². The van der Waals surface area contributed by atoms with Crippen molar-refractivity contribution in [3.63, 3.8) is 0 Å². The van der Waals surface area contributed by atoms with E-state index in [-0.39, 0.29) is 5.54 Å². The molecule has 17 heavy (non-hydrogen) atoms. The zero-order valence-corrected chi connectivity index (χ0v) is 9.73. The topological polar surface area (TPSA) is 53.6 Å². The first-order chi connectivity index (χ1) is 8.12. The van der Waals surface area contributed by atoms with Crippen LogP contribution >= 0.6 is 0 Å². The van der Waals surface area contributed by atoms with Crippen molar-refractivity contribution in [3.05, 3.63) is 41.6 Å². The molecular formula is C13H12N4. The number of aromatic nitrogens is 2. The summed E-state index contributed by atoms with van der Waals surface area (Å²) in [7, 11) is 0. The van der Waals surface area contributed by atoms with Gasteiger partial charge in [0.25, 0.3) is 0 Å². The summed E-state index contributed by atoms with van der Waals surface area (Å²) in [6.45, 7) is 4.24. The van der Waals surface area contributed by atoms with Gasteiger partial charge in [0, 0.05) is 11.6 Å². The molecule has 0 bridgehead atoms. The molecule has 2 heterocycles. The van der Waals surface area contributed by atoms with E-state index < -0.39 is 0 Å². The van der Waals surface area contributed by atoms with E-state index in [4.69, 9.17) is 5.26 Å². The molecule has 1 N–H and O–H groups in total. The van der Waals surface area contributed by atoms with Gasteiger partial charge < -0.3 is 5.32 Å². The van der Waals surface area contributed by atoms with Gasteiger partial charge in [-0.3, -0.25) is 0 Å². The molecule has 0 atom stereocenters. The van der Waals surface area contributed by atoms with E-state index in [1.54, 1.807) is 10.7 Å². The van der Waals surface area contributed by atoms with E-state index in [0.717, 1.165) is 11.5 Å². The average molecular weight is 224 g/mol. The molecule has 1 aliphatic heterocycles. The van der Waals surface area contributed by atoms with Crippen LogP contribution in [0.5, 0.6) is 0 Å². The molecule has 0 fully saturated rings. The van der Waals surface area contributed by atoms with Crippen molar-refractivity contribution >= 4 is 5.82 Å². The van der Waals surface area contributed by atoms with Gasteiger partial charge in [0.2, 0.25) is 0 Å². The van der Waals surface area contributed by atoms with Crippen LogP contribution in [0.1, 0.15) is 25.1 Å². The van der Waals surface area contributed by atoms with Gasteiger partial charge in [0.05, 0.1) is 11.2 Å². The van der Waals surface area contributed by atoms with Crippen LogP contribution in [0.4, 0.5) is 5.82 Å². The third-order valence-electron chi connectivity index (χ3n) is 3.07. The molecule has 0 radical (unpaired) electrons. The molecule has 1 aromatic carbocycles. The molecule has 0 spiro atoms. The molecule has 4 heteroatoms. The van der Waals surface area contributed by atoms with Gasteiger partial charge in [-0.05, 0) is 19.9 Å². The minimum atomic E-state index is -0.153. The van der Waals surface area contributed by atoms with Gasteiger partial charge in [-0.25, -0.2) is 4.68 Å². The molecule has 1 aromatic heterocycles. The summed E-state index contributed by atoms with van der Waals surface area (Å²) in [5.74, 6) is 0.866. The number of hydrogen-bond donors (Lipinski definition) is 1. The Morgan fingerprint density at radius 1 is 1.35 bits per heavy atom. The van der Waals surface area contributed by atoms with Crippen LogP contribution < -0.4 is 5.32 Å². The Balaban J connectivity index is 2.31. The van der Waals surface area contributed by atoms with Crippen molar-refractivity contribution in [1.29, 1.82) is 5.26 Å². The number of nitrogens with zero attached hydrogens (tertiary/aromatic N) is 3. The summed E-state index contributed by atoms with van der Waals surface area (Å²) in [6, 6.07) is 12.0. The number of benzene rings is 1. The van der Waals surface area contributed by atoms with E-state index >= 15 is 0 Å². The lowest BCUT2D eigenvalue weighted by atomic mass is 9.91. The van der Waals surface area contributed by atoms with Gasteiger partial charge in [0.15, 0.2) is 5.69 Å². The molecule has 1 aliphatic rings. The molecule has 0 unspecified atom stereocenters. The minimum absolute atomic E-state index is 0.153. The van der Waals surface area contributed by atoms with Crippen LogP contribution in [0.25, 0.3) is 5.69 Å². The van der Waals surface area contributed by atoms with Crippen LogP contribution in [0.3, 0.4) is 0 Å². The van der Waals surface area contributed by atoms with Crippen molar-refractivity contribution in [3.8, 4) is 11.8 Å². The summed E-state index contributed by atoms with van der Waals surface area (Å²) >= 11 is 0. The summed E-state index contributed by atoms with van der Waals surface area (Å²) < 4.78 is 1.79. The smallest absolute Gasteiger partial charge is 0.165 e. The van der Waals surface area contributed by atoms with E-state index in [2.05, 4.69) is 36.4 Å². The zero-order chi connectivity index (χ0) is 12.0. The maximum Gasteiger partial charge on any atom is 0.165 e. The van der Waals surface area contributed by atoms with Crippen LogP contribution in [-0.2, 0) is 5.54 Å².